The molecule has 0 saturated carbocycles. The van der Waals surface area contributed by atoms with Gasteiger partial charge in [-0.15, -0.1) is 0 Å². The van der Waals surface area contributed by atoms with Crippen LogP contribution >= 0.6 is 0 Å². The number of ether oxygens (including phenoxy) is 2. The van der Waals surface area contributed by atoms with Crippen molar-refractivity contribution in [3.8, 4) is 0 Å². The maximum absolute atomic E-state index is 12.4. The van der Waals surface area contributed by atoms with E-state index in [2.05, 4.69) is 13.8 Å². The summed E-state index contributed by atoms with van der Waals surface area (Å²) in [6.07, 6.45) is 1.28. The van der Waals surface area contributed by atoms with Crippen molar-refractivity contribution in [2.75, 3.05) is 0 Å². The van der Waals surface area contributed by atoms with Gasteiger partial charge in [0.15, 0.2) is 0 Å². The lowest BCUT2D eigenvalue weighted by Gasteiger charge is -2.36. The molecule has 0 aliphatic heterocycles. The van der Waals surface area contributed by atoms with E-state index in [1.165, 1.54) is 0 Å². The SMILES string of the molecule is CCC(C)(C)C(=O)OC(CC(C)C)C(C)(C)OC(=O)CC(C)C. The highest BCUT2D eigenvalue weighted by Gasteiger charge is 2.39. The number of esters is 2. The van der Waals surface area contributed by atoms with E-state index in [0.29, 0.717) is 25.2 Å². The molecule has 0 radical (unpaired) electrons. The van der Waals surface area contributed by atoms with E-state index in [1.807, 2.05) is 48.5 Å². The Labute approximate surface area is 142 Å². The summed E-state index contributed by atoms with van der Waals surface area (Å²) in [6, 6.07) is 0. The van der Waals surface area contributed by atoms with Crippen molar-refractivity contribution in [3.63, 3.8) is 0 Å². The smallest absolute Gasteiger partial charge is 0.311 e. The van der Waals surface area contributed by atoms with Gasteiger partial charge in [-0.1, -0.05) is 34.6 Å². The number of carbonyl (C=O) groups excluding carboxylic acids is 2. The van der Waals surface area contributed by atoms with Gasteiger partial charge in [-0.25, -0.2) is 0 Å². The fourth-order valence-corrected chi connectivity index (χ4v) is 2.07. The molecule has 0 amide bonds. The molecular weight excluding hydrogens is 292 g/mol. The lowest BCUT2D eigenvalue weighted by Crippen LogP contribution is -2.46. The first kappa shape index (κ1) is 21.9. The van der Waals surface area contributed by atoms with Crippen LogP contribution in [0.15, 0.2) is 0 Å². The Hall–Kier alpha value is -1.06. The van der Waals surface area contributed by atoms with E-state index in [0.717, 1.165) is 0 Å². The molecule has 136 valence electrons. The molecule has 0 aromatic heterocycles. The summed E-state index contributed by atoms with van der Waals surface area (Å²) in [5.74, 6) is 0.0900. The van der Waals surface area contributed by atoms with Crippen molar-refractivity contribution in [2.45, 2.75) is 93.3 Å². The maximum atomic E-state index is 12.4. The van der Waals surface area contributed by atoms with Crippen molar-refractivity contribution in [1.82, 2.24) is 0 Å². The predicted molar refractivity (Wildman–Crippen MR) is 93.0 cm³/mol. The van der Waals surface area contributed by atoms with Gasteiger partial charge in [-0.3, -0.25) is 9.59 Å². The summed E-state index contributed by atoms with van der Waals surface area (Å²) < 4.78 is 11.4. The normalized spacial score (nSPS) is 14.0. The molecule has 1 unspecified atom stereocenters. The topological polar surface area (TPSA) is 52.6 Å². The molecule has 1 atom stereocenters. The fourth-order valence-electron chi connectivity index (χ4n) is 2.07. The minimum Gasteiger partial charge on any atom is -0.458 e. The van der Waals surface area contributed by atoms with Crippen LogP contribution in [0.25, 0.3) is 0 Å². The number of carbonyl (C=O) groups is 2. The van der Waals surface area contributed by atoms with Crippen LogP contribution in [0.4, 0.5) is 0 Å². The minimum absolute atomic E-state index is 0.237. The molecule has 0 rings (SSSR count). The predicted octanol–water partition coefficient (Wildman–Crippen LogP) is 4.75. The molecule has 0 aromatic carbocycles. The lowest BCUT2D eigenvalue weighted by atomic mass is 9.89. The Balaban J connectivity index is 5.13. The second kappa shape index (κ2) is 8.70. The molecule has 0 aliphatic rings. The first-order chi connectivity index (χ1) is 10.3. The van der Waals surface area contributed by atoms with Gasteiger partial charge >= 0.3 is 11.9 Å². The van der Waals surface area contributed by atoms with E-state index in [-0.39, 0.29) is 17.9 Å². The molecule has 0 aliphatic carbocycles. The molecule has 4 nitrogen and oxygen atoms in total. The van der Waals surface area contributed by atoms with E-state index in [1.54, 1.807) is 0 Å². The van der Waals surface area contributed by atoms with Crippen molar-refractivity contribution in [1.29, 1.82) is 0 Å². The standard InChI is InChI=1S/C19H36O4/c1-10-18(6,7)17(21)22-15(11-13(2)3)19(8,9)23-16(20)12-14(4)5/h13-15H,10-12H2,1-9H3. The van der Waals surface area contributed by atoms with Gasteiger partial charge in [0.2, 0.25) is 0 Å². The molecule has 0 heterocycles. The largest absolute Gasteiger partial charge is 0.458 e. The van der Waals surface area contributed by atoms with Crippen LogP contribution in [0.5, 0.6) is 0 Å². The number of rotatable bonds is 9. The first-order valence-electron chi connectivity index (χ1n) is 8.74. The average Bonchev–Trinajstić information content (AvgIpc) is 2.35. The van der Waals surface area contributed by atoms with Gasteiger partial charge in [0.05, 0.1) is 5.41 Å². The second-order valence-electron chi connectivity index (χ2n) is 8.44. The first-order valence-corrected chi connectivity index (χ1v) is 8.74. The highest BCUT2D eigenvalue weighted by atomic mass is 16.6. The molecule has 0 spiro atoms. The molecule has 0 bridgehead atoms. The lowest BCUT2D eigenvalue weighted by molar-refractivity contribution is -0.188. The van der Waals surface area contributed by atoms with E-state index < -0.39 is 17.1 Å². The highest BCUT2D eigenvalue weighted by molar-refractivity contribution is 5.76. The Kier molecular flexibility index (Phi) is 8.30. The van der Waals surface area contributed by atoms with Gasteiger partial charge < -0.3 is 9.47 Å². The maximum Gasteiger partial charge on any atom is 0.311 e. The monoisotopic (exact) mass is 328 g/mol. The van der Waals surface area contributed by atoms with Crippen LogP contribution in [0.1, 0.15) is 81.6 Å². The third-order valence-electron chi connectivity index (χ3n) is 4.10. The summed E-state index contributed by atoms with van der Waals surface area (Å²) in [6.45, 7) is 17.4. The second-order valence-corrected chi connectivity index (χ2v) is 8.44. The summed E-state index contributed by atoms with van der Waals surface area (Å²) >= 11 is 0. The molecule has 4 heteroatoms. The van der Waals surface area contributed by atoms with Crippen molar-refractivity contribution >= 4 is 11.9 Å². The summed E-state index contributed by atoms with van der Waals surface area (Å²) in [7, 11) is 0. The average molecular weight is 328 g/mol. The molecule has 0 aromatic rings. The third-order valence-corrected chi connectivity index (χ3v) is 4.10. The van der Waals surface area contributed by atoms with Crippen LogP contribution in [0.3, 0.4) is 0 Å². The van der Waals surface area contributed by atoms with Crippen LogP contribution in [-0.2, 0) is 19.1 Å². The van der Waals surface area contributed by atoms with E-state index in [4.69, 9.17) is 9.47 Å². The molecular formula is C19H36O4. The van der Waals surface area contributed by atoms with Crippen LogP contribution in [0, 0.1) is 17.3 Å². The zero-order valence-corrected chi connectivity index (χ0v) is 16.5. The van der Waals surface area contributed by atoms with E-state index in [9.17, 15) is 9.59 Å². The zero-order chi connectivity index (χ0) is 18.4. The molecule has 23 heavy (non-hydrogen) atoms. The third kappa shape index (κ3) is 7.85. The van der Waals surface area contributed by atoms with Crippen molar-refractivity contribution in [2.24, 2.45) is 17.3 Å². The van der Waals surface area contributed by atoms with Gasteiger partial charge in [0.1, 0.15) is 11.7 Å². The van der Waals surface area contributed by atoms with Gasteiger partial charge in [-0.2, -0.15) is 0 Å². The Morgan fingerprint density at radius 1 is 0.957 bits per heavy atom. The van der Waals surface area contributed by atoms with Crippen LogP contribution in [-0.4, -0.2) is 23.6 Å². The Bertz CT molecular complexity index is 394. The summed E-state index contributed by atoms with van der Waals surface area (Å²) in [5, 5.41) is 0. The number of hydrogen-bond donors (Lipinski definition) is 0. The summed E-state index contributed by atoms with van der Waals surface area (Å²) in [5.41, 5.74) is -1.37. The quantitative estimate of drug-likeness (QED) is 0.573. The minimum atomic E-state index is -0.838. The molecule has 0 fully saturated rings. The molecule has 0 N–H and O–H groups in total. The van der Waals surface area contributed by atoms with Crippen LogP contribution < -0.4 is 0 Å². The Morgan fingerprint density at radius 2 is 1.48 bits per heavy atom. The Morgan fingerprint density at radius 3 is 1.87 bits per heavy atom. The van der Waals surface area contributed by atoms with E-state index >= 15 is 0 Å². The van der Waals surface area contributed by atoms with Crippen LogP contribution in [0.2, 0.25) is 0 Å². The van der Waals surface area contributed by atoms with Crippen molar-refractivity contribution < 1.29 is 19.1 Å². The van der Waals surface area contributed by atoms with Crippen molar-refractivity contribution in [3.05, 3.63) is 0 Å². The molecule has 0 saturated heterocycles. The zero-order valence-electron chi connectivity index (χ0n) is 16.5. The summed E-state index contributed by atoms with van der Waals surface area (Å²) in [4.78, 5) is 24.5. The highest BCUT2D eigenvalue weighted by Crippen LogP contribution is 2.29. The van der Waals surface area contributed by atoms with Gasteiger partial charge in [-0.05, 0) is 52.4 Å². The van der Waals surface area contributed by atoms with Gasteiger partial charge in [0.25, 0.3) is 0 Å². The van der Waals surface area contributed by atoms with Gasteiger partial charge in [0, 0.05) is 6.42 Å². The fraction of sp³-hybridized carbons (Fsp3) is 0.895. The number of hydrogen-bond acceptors (Lipinski definition) is 4.